The van der Waals surface area contributed by atoms with Crippen LogP contribution in [0.1, 0.15) is 149 Å². The average molecular weight is 415 g/mol. The minimum absolute atomic E-state index is 0.342. The van der Waals surface area contributed by atoms with Gasteiger partial charge < -0.3 is 10.2 Å². The molecule has 0 aromatic rings. The molecular weight excluding hydrogens is 364 g/mol. The molecule has 0 saturated carbocycles. The molecule has 2 N–H and O–H groups in total. The number of carboxylic acids is 2. The third-order valence-corrected chi connectivity index (χ3v) is 5.24. The first-order chi connectivity index (χ1) is 14.0. The number of carbonyl (C=O) groups is 2. The Morgan fingerprint density at radius 2 is 0.621 bits per heavy atom. The van der Waals surface area contributed by atoms with Crippen molar-refractivity contribution in [1.29, 1.82) is 0 Å². The highest BCUT2D eigenvalue weighted by atomic mass is 16.4. The Hall–Kier alpha value is -1.06. The zero-order valence-corrected chi connectivity index (χ0v) is 19.6. The summed E-state index contributed by atoms with van der Waals surface area (Å²) in [6.07, 6.45) is 24.4. The van der Waals surface area contributed by atoms with Crippen molar-refractivity contribution in [3.05, 3.63) is 0 Å². The van der Waals surface area contributed by atoms with Gasteiger partial charge in [-0.25, -0.2) is 0 Å². The summed E-state index contributed by atoms with van der Waals surface area (Å²) in [5, 5.41) is 16.8. The van der Waals surface area contributed by atoms with Gasteiger partial charge in [0.25, 0.3) is 0 Å². The first-order valence-corrected chi connectivity index (χ1v) is 12.5. The summed E-state index contributed by atoms with van der Waals surface area (Å²) < 4.78 is 0. The molecule has 0 saturated heterocycles. The Balaban J connectivity index is 0. The fourth-order valence-corrected chi connectivity index (χ4v) is 3.35. The van der Waals surface area contributed by atoms with Crippen LogP contribution in [0.3, 0.4) is 0 Å². The standard InChI is InChI=1S/C14H28O2.C11H22O2/c1-2-3-4-5-6-7-8-9-10-11-12-13-14(15)16;1-2-3-4-5-6-7-8-9-10-11(12)13/h2-13H2,1H3,(H,15,16);2-10H2,1H3,(H,12,13). The first kappa shape index (κ1) is 30.1. The third kappa shape index (κ3) is 34.8. The van der Waals surface area contributed by atoms with Gasteiger partial charge >= 0.3 is 11.9 Å². The number of hydrogen-bond acceptors (Lipinski definition) is 2. The molecule has 0 fully saturated rings. The van der Waals surface area contributed by atoms with E-state index in [1.54, 1.807) is 0 Å². The highest BCUT2D eigenvalue weighted by Crippen LogP contribution is 2.12. The maximum absolute atomic E-state index is 10.3. The van der Waals surface area contributed by atoms with Gasteiger partial charge in [-0.2, -0.15) is 0 Å². The summed E-state index contributed by atoms with van der Waals surface area (Å²) in [6, 6.07) is 0. The summed E-state index contributed by atoms with van der Waals surface area (Å²) in [5.41, 5.74) is 0. The maximum Gasteiger partial charge on any atom is 0.303 e. The van der Waals surface area contributed by atoms with Gasteiger partial charge in [-0.15, -0.1) is 0 Å². The normalized spacial score (nSPS) is 10.4. The van der Waals surface area contributed by atoms with Crippen molar-refractivity contribution in [3.63, 3.8) is 0 Å². The summed E-state index contributed by atoms with van der Waals surface area (Å²) in [4.78, 5) is 20.4. The van der Waals surface area contributed by atoms with Crippen molar-refractivity contribution in [2.45, 2.75) is 149 Å². The quantitative estimate of drug-likeness (QED) is 0.185. The molecule has 0 aliphatic rings. The van der Waals surface area contributed by atoms with E-state index < -0.39 is 11.9 Å². The highest BCUT2D eigenvalue weighted by Gasteiger charge is 1.97. The Morgan fingerprint density at radius 1 is 0.414 bits per heavy atom. The maximum atomic E-state index is 10.3. The van der Waals surface area contributed by atoms with Crippen LogP contribution in [0.5, 0.6) is 0 Å². The average Bonchev–Trinajstić information content (AvgIpc) is 2.68. The second kappa shape index (κ2) is 26.9. The monoisotopic (exact) mass is 414 g/mol. The molecule has 0 aliphatic carbocycles. The zero-order valence-electron chi connectivity index (χ0n) is 19.6. The van der Waals surface area contributed by atoms with E-state index in [9.17, 15) is 9.59 Å². The van der Waals surface area contributed by atoms with Crippen molar-refractivity contribution in [2.24, 2.45) is 0 Å². The molecule has 0 aromatic heterocycles. The fraction of sp³-hybridized carbons (Fsp3) is 0.920. The van der Waals surface area contributed by atoms with E-state index in [1.165, 1.54) is 96.3 Å². The van der Waals surface area contributed by atoms with Gasteiger partial charge in [0.05, 0.1) is 0 Å². The SMILES string of the molecule is CCCCCCCCCCC(=O)O.CCCCCCCCCCCCCC(=O)O. The lowest BCUT2D eigenvalue weighted by Gasteiger charge is -2.01. The number of aliphatic carboxylic acids is 2. The summed E-state index contributed by atoms with van der Waals surface area (Å²) in [5.74, 6) is -1.32. The Labute approximate surface area is 180 Å². The lowest BCUT2D eigenvalue weighted by molar-refractivity contribution is -0.138. The summed E-state index contributed by atoms with van der Waals surface area (Å²) in [7, 11) is 0. The second-order valence-electron chi connectivity index (χ2n) is 8.30. The molecule has 4 heteroatoms. The van der Waals surface area contributed by atoms with E-state index in [0.29, 0.717) is 12.8 Å². The predicted molar refractivity (Wildman–Crippen MR) is 124 cm³/mol. The lowest BCUT2D eigenvalue weighted by atomic mass is 10.1. The van der Waals surface area contributed by atoms with E-state index in [0.717, 1.165) is 25.7 Å². The molecule has 0 radical (unpaired) electrons. The lowest BCUT2D eigenvalue weighted by Crippen LogP contribution is -1.93. The van der Waals surface area contributed by atoms with E-state index in [2.05, 4.69) is 13.8 Å². The molecule has 0 aliphatic heterocycles. The van der Waals surface area contributed by atoms with Crippen LogP contribution in [-0.2, 0) is 9.59 Å². The van der Waals surface area contributed by atoms with Gasteiger partial charge in [0.1, 0.15) is 0 Å². The molecule has 174 valence electrons. The summed E-state index contributed by atoms with van der Waals surface area (Å²) in [6.45, 7) is 4.46. The minimum atomic E-state index is -0.661. The van der Waals surface area contributed by atoms with Crippen molar-refractivity contribution in [3.8, 4) is 0 Å². The number of carboxylic acid groups (broad SMARTS) is 2. The van der Waals surface area contributed by atoms with Gasteiger partial charge in [-0.3, -0.25) is 9.59 Å². The van der Waals surface area contributed by atoms with Crippen LogP contribution in [0.4, 0.5) is 0 Å². The minimum Gasteiger partial charge on any atom is -0.481 e. The smallest absolute Gasteiger partial charge is 0.303 e. The van der Waals surface area contributed by atoms with Gasteiger partial charge in [0.2, 0.25) is 0 Å². The molecule has 0 amide bonds. The largest absolute Gasteiger partial charge is 0.481 e. The molecule has 0 rings (SSSR count). The summed E-state index contributed by atoms with van der Waals surface area (Å²) >= 11 is 0. The van der Waals surface area contributed by atoms with Crippen LogP contribution in [0, 0.1) is 0 Å². The Bertz CT molecular complexity index is 342. The van der Waals surface area contributed by atoms with Gasteiger partial charge in [0.15, 0.2) is 0 Å². The molecule has 29 heavy (non-hydrogen) atoms. The highest BCUT2D eigenvalue weighted by molar-refractivity contribution is 5.66. The molecule has 0 atom stereocenters. The Kier molecular flexibility index (Phi) is 28.0. The molecule has 0 spiro atoms. The predicted octanol–water partition coefficient (Wildman–Crippen LogP) is 8.37. The van der Waals surface area contributed by atoms with Crippen LogP contribution in [0.15, 0.2) is 0 Å². The van der Waals surface area contributed by atoms with Crippen molar-refractivity contribution >= 4 is 11.9 Å². The van der Waals surface area contributed by atoms with Crippen molar-refractivity contribution in [1.82, 2.24) is 0 Å². The number of hydrogen-bond donors (Lipinski definition) is 2. The van der Waals surface area contributed by atoms with E-state index in [-0.39, 0.29) is 0 Å². The Morgan fingerprint density at radius 3 is 0.828 bits per heavy atom. The zero-order chi connectivity index (χ0) is 22.0. The van der Waals surface area contributed by atoms with Crippen LogP contribution in [-0.4, -0.2) is 22.2 Å². The number of rotatable bonds is 21. The fourth-order valence-electron chi connectivity index (χ4n) is 3.35. The van der Waals surface area contributed by atoms with Gasteiger partial charge in [-0.1, -0.05) is 123 Å². The van der Waals surface area contributed by atoms with Crippen LogP contribution in [0.2, 0.25) is 0 Å². The molecular formula is C25H50O4. The first-order valence-electron chi connectivity index (χ1n) is 12.5. The van der Waals surface area contributed by atoms with Crippen LogP contribution >= 0.6 is 0 Å². The molecule has 0 heterocycles. The topological polar surface area (TPSA) is 74.6 Å². The van der Waals surface area contributed by atoms with Crippen molar-refractivity contribution < 1.29 is 19.8 Å². The molecule has 0 bridgehead atoms. The molecule has 0 aromatic carbocycles. The van der Waals surface area contributed by atoms with E-state index in [1.807, 2.05) is 0 Å². The van der Waals surface area contributed by atoms with Crippen LogP contribution in [0.25, 0.3) is 0 Å². The van der Waals surface area contributed by atoms with Crippen LogP contribution < -0.4 is 0 Å². The van der Waals surface area contributed by atoms with Gasteiger partial charge in [0, 0.05) is 12.8 Å². The van der Waals surface area contributed by atoms with Gasteiger partial charge in [-0.05, 0) is 12.8 Å². The van der Waals surface area contributed by atoms with E-state index >= 15 is 0 Å². The van der Waals surface area contributed by atoms with E-state index in [4.69, 9.17) is 10.2 Å². The molecule has 0 unspecified atom stereocenters. The number of unbranched alkanes of at least 4 members (excludes halogenated alkanes) is 17. The molecule has 4 nitrogen and oxygen atoms in total. The third-order valence-electron chi connectivity index (χ3n) is 5.24. The second-order valence-corrected chi connectivity index (χ2v) is 8.30. The van der Waals surface area contributed by atoms with Crippen molar-refractivity contribution in [2.75, 3.05) is 0 Å².